The number of piperidine rings is 1. The lowest BCUT2D eigenvalue weighted by Crippen LogP contribution is -2.57. The summed E-state index contributed by atoms with van der Waals surface area (Å²) >= 11 is 1.48. The van der Waals surface area contributed by atoms with Gasteiger partial charge in [-0.15, -0.1) is 10.2 Å². The van der Waals surface area contributed by atoms with Gasteiger partial charge in [-0.2, -0.15) is 0 Å². The van der Waals surface area contributed by atoms with Crippen LogP contribution in [0.3, 0.4) is 0 Å². The maximum Gasteiger partial charge on any atom is 0.258 e. The number of nitrogens with zero attached hydrogens (tertiary/aromatic N) is 3. The van der Waals surface area contributed by atoms with Crippen molar-refractivity contribution in [3.63, 3.8) is 0 Å². The van der Waals surface area contributed by atoms with Gasteiger partial charge in [0.25, 0.3) is 11.8 Å². The quantitative estimate of drug-likeness (QED) is 0.352. The van der Waals surface area contributed by atoms with Crippen molar-refractivity contribution >= 4 is 28.3 Å². The zero-order chi connectivity index (χ0) is 29.9. The van der Waals surface area contributed by atoms with Crippen molar-refractivity contribution in [2.75, 3.05) is 31.7 Å². The highest BCUT2D eigenvalue weighted by atomic mass is 32.1. The van der Waals surface area contributed by atoms with Crippen molar-refractivity contribution in [1.82, 2.24) is 20.8 Å². The number of amides is 2. The summed E-state index contributed by atoms with van der Waals surface area (Å²) < 4.78 is 32.3. The summed E-state index contributed by atoms with van der Waals surface area (Å²) in [6.07, 6.45) is 0.0905. The molecule has 2 N–H and O–H groups in total. The van der Waals surface area contributed by atoms with E-state index < -0.39 is 18.0 Å². The van der Waals surface area contributed by atoms with Crippen LogP contribution in [-0.2, 0) is 11.3 Å². The van der Waals surface area contributed by atoms with Gasteiger partial charge < -0.3 is 29.7 Å². The Bertz CT molecular complexity index is 1660. The van der Waals surface area contributed by atoms with Crippen LogP contribution < -0.4 is 29.7 Å². The highest BCUT2D eigenvalue weighted by molar-refractivity contribution is 7.15. The number of benzene rings is 3. The number of halogens is 1. The molecule has 6 rings (SSSR count). The predicted octanol–water partition coefficient (Wildman–Crippen LogP) is 4.13. The summed E-state index contributed by atoms with van der Waals surface area (Å²) in [4.78, 5) is 28.4. The third-order valence-corrected chi connectivity index (χ3v) is 8.24. The molecule has 3 heterocycles. The maximum atomic E-state index is 14.6. The largest absolute Gasteiger partial charge is 0.496 e. The minimum absolute atomic E-state index is 0.0917. The number of methoxy groups -OCH3 is 1. The molecular formula is C31H30FN5O5S. The summed E-state index contributed by atoms with van der Waals surface area (Å²) in [6, 6.07) is 16.3. The first-order valence-electron chi connectivity index (χ1n) is 13.8. The van der Waals surface area contributed by atoms with Crippen LogP contribution in [0.25, 0.3) is 11.1 Å². The Kier molecular flexibility index (Phi) is 8.10. The van der Waals surface area contributed by atoms with E-state index in [4.69, 9.17) is 14.2 Å². The Balaban J connectivity index is 1.38. The fraction of sp³-hybridized carbons (Fsp3) is 0.290. The van der Waals surface area contributed by atoms with E-state index in [-0.39, 0.29) is 25.0 Å². The molecule has 10 nitrogen and oxygen atoms in total. The summed E-state index contributed by atoms with van der Waals surface area (Å²) in [6.45, 7) is 2.80. The summed E-state index contributed by atoms with van der Waals surface area (Å²) in [5.74, 6) is 0.220. The van der Waals surface area contributed by atoms with Gasteiger partial charge in [0.15, 0.2) is 6.61 Å². The molecule has 12 heteroatoms. The number of nitrogens with one attached hydrogen (secondary N) is 2. The van der Waals surface area contributed by atoms with Gasteiger partial charge in [0.1, 0.15) is 34.2 Å². The average Bonchev–Trinajstić information content (AvgIpc) is 3.45. The minimum Gasteiger partial charge on any atom is -0.496 e. The zero-order valence-electron chi connectivity index (χ0n) is 23.6. The van der Waals surface area contributed by atoms with Gasteiger partial charge in [0.05, 0.1) is 13.2 Å². The van der Waals surface area contributed by atoms with Crippen molar-refractivity contribution in [3.05, 3.63) is 82.6 Å². The number of aromatic nitrogens is 2. The molecule has 0 saturated carbocycles. The third-order valence-electron chi connectivity index (χ3n) is 7.34. The number of fused-ring (bicyclic) bond motifs is 8. The zero-order valence-corrected chi connectivity index (χ0v) is 24.4. The molecular weight excluding hydrogens is 573 g/mol. The van der Waals surface area contributed by atoms with Crippen LogP contribution in [0, 0.1) is 12.7 Å². The molecule has 1 fully saturated rings. The van der Waals surface area contributed by atoms with Gasteiger partial charge in [-0.1, -0.05) is 23.5 Å². The Morgan fingerprint density at radius 3 is 2.74 bits per heavy atom. The second kappa shape index (κ2) is 12.3. The van der Waals surface area contributed by atoms with Gasteiger partial charge in [0.2, 0.25) is 5.13 Å². The molecule has 2 aliphatic rings. The van der Waals surface area contributed by atoms with E-state index in [9.17, 15) is 14.0 Å². The molecule has 43 heavy (non-hydrogen) atoms. The molecule has 0 aliphatic carbocycles. The van der Waals surface area contributed by atoms with Crippen LogP contribution in [0.2, 0.25) is 0 Å². The van der Waals surface area contributed by atoms with E-state index in [1.807, 2.05) is 13.0 Å². The molecule has 0 unspecified atom stereocenters. The number of rotatable bonds is 2. The second-order valence-corrected chi connectivity index (χ2v) is 11.5. The fourth-order valence-corrected chi connectivity index (χ4v) is 5.97. The van der Waals surface area contributed by atoms with E-state index in [0.29, 0.717) is 53.4 Å². The number of anilines is 1. The Morgan fingerprint density at radius 1 is 1.05 bits per heavy atom. The topological polar surface area (TPSA) is 115 Å². The van der Waals surface area contributed by atoms with Crippen molar-refractivity contribution in [2.24, 2.45) is 0 Å². The van der Waals surface area contributed by atoms with Gasteiger partial charge in [0, 0.05) is 43.2 Å². The average molecular weight is 604 g/mol. The maximum absolute atomic E-state index is 14.6. The van der Waals surface area contributed by atoms with Crippen LogP contribution in [0.5, 0.6) is 17.2 Å². The van der Waals surface area contributed by atoms with Gasteiger partial charge in [-0.3, -0.25) is 9.59 Å². The number of aryl methyl sites for hydroxylation is 1. The molecule has 0 radical (unpaired) electrons. The van der Waals surface area contributed by atoms with E-state index in [2.05, 4.69) is 25.7 Å². The highest BCUT2D eigenvalue weighted by Crippen LogP contribution is 2.33. The first-order chi connectivity index (χ1) is 20.8. The third kappa shape index (κ3) is 6.54. The molecule has 2 amide bonds. The number of ether oxygens (including phenoxy) is 3. The number of hydrogen-bond acceptors (Lipinski definition) is 9. The molecule has 0 spiro atoms. The fourth-order valence-electron chi connectivity index (χ4n) is 5.24. The normalized spacial score (nSPS) is 18.9. The van der Waals surface area contributed by atoms with Crippen molar-refractivity contribution in [1.29, 1.82) is 0 Å². The molecule has 4 aromatic rings. The standard InChI is InChI=1S/C31H30FN5O5S/c1-18-35-36-31(43-18)37-9-8-28-26(16-37)34-30(39)21-6-7-27(40-2)25(13-21)20-4-3-5-23(12-20)41-17-29(38)33-15-19-10-22(32)14-24(11-19)42-28/h3-7,10-14,26,28H,8-9,15-17H2,1-2H3,(H,33,38)(H,34,39)/t26-,28-/m1/s1. The minimum atomic E-state index is -0.492. The van der Waals surface area contributed by atoms with Gasteiger partial charge >= 0.3 is 0 Å². The van der Waals surface area contributed by atoms with Crippen molar-refractivity contribution < 1.29 is 28.2 Å². The van der Waals surface area contributed by atoms with Crippen LogP contribution in [0.1, 0.15) is 27.3 Å². The molecule has 2 aliphatic heterocycles. The lowest BCUT2D eigenvalue weighted by Gasteiger charge is -2.38. The lowest BCUT2D eigenvalue weighted by atomic mass is 9.99. The molecule has 3 aromatic carbocycles. The Hall–Kier alpha value is -4.71. The summed E-state index contributed by atoms with van der Waals surface area (Å²) in [5, 5.41) is 16.0. The Labute approximate surface area is 251 Å². The summed E-state index contributed by atoms with van der Waals surface area (Å²) in [7, 11) is 1.57. The monoisotopic (exact) mass is 603 g/mol. The smallest absolute Gasteiger partial charge is 0.258 e. The molecule has 1 aromatic heterocycles. The van der Waals surface area contributed by atoms with Crippen molar-refractivity contribution in [3.8, 4) is 28.4 Å². The van der Waals surface area contributed by atoms with E-state index in [1.165, 1.54) is 23.5 Å². The highest BCUT2D eigenvalue weighted by Gasteiger charge is 2.34. The van der Waals surface area contributed by atoms with E-state index >= 15 is 0 Å². The first-order valence-corrected chi connectivity index (χ1v) is 14.7. The van der Waals surface area contributed by atoms with Crippen LogP contribution >= 0.6 is 11.3 Å². The summed E-state index contributed by atoms with van der Waals surface area (Å²) in [5.41, 5.74) is 2.41. The van der Waals surface area contributed by atoms with Crippen LogP contribution in [0.4, 0.5) is 9.52 Å². The molecule has 2 atom stereocenters. The number of hydrogen-bond donors (Lipinski definition) is 2. The second-order valence-electron chi connectivity index (χ2n) is 10.4. The van der Waals surface area contributed by atoms with E-state index in [1.54, 1.807) is 49.6 Å². The first kappa shape index (κ1) is 28.4. The van der Waals surface area contributed by atoms with E-state index in [0.717, 1.165) is 15.7 Å². The molecule has 1 saturated heterocycles. The molecule has 6 bridgehead atoms. The van der Waals surface area contributed by atoms with Crippen LogP contribution in [-0.4, -0.2) is 61.0 Å². The Morgan fingerprint density at radius 2 is 1.93 bits per heavy atom. The van der Waals surface area contributed by atoms with Crippen molar-refractivity contribution in [2.45, 2.75) is 32.0 Å². The predicted molar refractivity (Wildman–Crippen MR) is 159 cm³/mol. The SMILES string of the molecule is COc1ccc2cc1-c1cccc(c1)OCC(=O)NCc1cc(F)cc(c1)O[C@@H]1CCN(c3nnc(C)s3)C[C@H]1NC2=O. The van der Waals surface area contributed by atoms with Gasteiger partial charge in [-0.25, -0.2) is 4.39 Å². The molecule has 222 valence electrons. The number of carbonyl (C=O) groups excluding carboxylic acids is 2. The van der Waals surface area contributed by atoms with Gasteiger partial charge in [-0.05, 0) is 60.5 Å². The lowest BCUT2D eigenvalue weighted by molar-refractivity contribution is -0.123. The number of carbonyl (C=O) groups is 2. The van der Waals surface area contributed by atoms with Crippen LogP contribution in [0.15, 0.2) is 60.7 Å².